The maximum absolute atomic E-state index is 5.65. The molecule has 9 heavy (non-hydrogen) atoms. The van der Waals surface area contributed by atoms with Crippen LogP contribution < -0.4 is 16.6 Å². The zero-order valence-electron chi connectivity index (χ0n) is 5.02. The van der Waals surface area contributed by atoms with Gasteiger partial charge in [-0.05, 0) is 18.1 Å². The van der Waals surface area contributed by atoms with E-state index in [1.165, 1.54) is 5.57 Å². The van der Waals surface area contributed by atoms with E-state index in [2.05, 4.69) is 23.0 Å². The van der Waals surface area contributed by atoms with Gasteiger partial charge in [0, 0.05) is 0 Å². The Kier molecular flexibility index (Phi) is 0.886. The first-order valence-electron chi connectivity index (χ1n) is 3.04. The van der Waals surface area contributed by atoms with Gasteiger partial charge >= 0.3 is 0 Å². The van der Waals surface area contributed by atoms with Crippen molar-refractivity contribution in [2.24, 2.45) is 5.73 Å². The van der Waals surface area contributed by atoms with Gasteiger partial charge in [0.25, 0.3) is 0 Å². The van der Waals surface area contributed by atoms with E-state index in [1.54, 1.807) is 0 Å². The maximum atomic E-state index is 5.65. The fourth-order valence-electron chi connectivity index (χ4n) is 1.18. The van der Waals surface area contributed by atoms with Gasteiger partial charge in [-0.15, -0.1) is 0 Å². The predicted molar refractivity (Wildman–Crippen MR) is 35.0 cm³/mol. The summed E-state index contributed by atoms with van der Waals surface area (Å²) in [6.07, 6.45) is 5.18. The Morgan fingerprint density at radius 2 is 2.56 bits per heavy atom. The molecule has 3 nitrogen and oxygen atoms in total. The number of hydrogen-bond donors (Lipinski definition) is 3. The van der Waals surface area contributed by atoms with Crippen molar-refractivity contribution < 1.29 is 0 Å². The van der Waals surface area contributed by atoms with Crippen molar-refractivity contribution in [1.82, 2.24) is 10.9 Å². The Hall–Kier alpha value is -0.800. The van der Waals surface area contributed by atoms with Crippen molar-refractivity contribution in [2.45, 2.75) is 12.6 Å². The number of hydrazine groups is 1. The average molecular weight is 123 g/mol. The molecule has 0 aromatic rings. The average Bonchev–Trinajstić information content (AvgIpc) is 2.35. The fourth-order valence-corrected chi connectivity index (χ4v) is 1.18. The molecule has 0 bridgehead atoms. The molecule has 0 spiro atoms. The van der Waals surface area contributed by atoms with E-state index in [9.17, 15) is 0 Å². The molecular formula is C6H9N3. The van der Waals surface area contributed by atoms with Crippen molar-refractivity contribution in [3.05, 3.63) is 23.4 Å². The summed E-state index contributed by atoms with van der Waals surface area (Å²) in [7, 11) is 0. The fraction of sp³-hybridized carbons (Fsp3) is 0.333. The minimum absolute atomic E-state index is 0.0231. The van der Waals surface area contributed by atoms with E-state index in [0.717, 1.165) is 12.1 Å². The second-order valence-electron chi connectivity index (χ2n) is 2.29. The summed E-state index contributed by atoms with van der Waals surface area (Å²) in [5.74, 6) is 0. The zero-order chi connectivity index (χ0) is 6.27. The third-order valence-corrected chi connectivity index (χ3v) is 1.71. The van der Waals surface area contributed by atoms with Crippen LogP contribution in [0.1, 0.15) is 6.42 Å². The number of nitrogens with one attached hydrogen (secondary N) is 2. The molecule has 0 amide bonds. The van der Waals surface area contributed by atoms with Crippen LogP contribution in [0.4, 0.5) is 0 Å². The maximum Gasteiger partial charge on any atom is 0.0968 e. The monoisotopic (exact) mass is 123 g/mol. The van der Waals surface area contributed by atoms with Crippen LogP contribution in [-0.2, 0) is 0 Å². The van der Waals surface area contributed by atoms with Crippen LogP contribution in [0, 0.1) is 0 Å². The Bertz CT molecular complexity index is 192. The topological polar surface area (TPSA) is 50.1 Å². The third-order valence-electron chi connectivity index (χ3n) is 1.71. The Morgan fingerprint density at radius 1 is 1.67 bits per heavy atom. The first-order chi connectivity index (χ1) is 4.38. The minimum atomic E-state index is 0.0231. The summed E-state index contributed by atoms with van der Waals surface area (Å²) in [4.78, 5) is 0. The molecule has 0 radical (unpaired) electrons. The molecule has 2 aliphatic rings. The van der Waals surface area contributed by atoms with E-state index >= 15 is 0 Å². The van der Waals surface area contributed by atoms with Gasteiger partial charge in [-0.1, -0.05) is 6.08 Å². The van der Waals surface area contributed by atoms with E-state index in [-0.39, 0.29) is 6.17 Å². The van der Waals surface area contributed by atoms with Crippen molar-refractivity contribution in [2.75, 3.05) is 0 Å². The second-order valence-corrected chi connectivity index (χ2v) is 2.29. The molecule has 1 atom stereocenters. The van der Waals surface area contributed by atoms with Crippen LogP contribution in [0.5, 0.6) is 0 Å². The van der Waals surface area contributed by atoms with Gasteiger partial charge in [0.15, 0.2) is 0 Å². The highest BCUT2D eigenvalue weighted by Crippen LogP contribution is 2.20. The molecule has 1 aliphatic carbocycles. The molecule has 48 valence electrons. The highest BCUT2D eigenvalue weighted by Gasteiger charge is 2.21. The van der Waals surface area contributed by atoms with Crippen LogP contribution in [0.15, 0.2) is 23.4 Å². The third kappa shape index (κ3) is 0.588. The smallest absolute Gasteiger partial charge is 0.0968 e. The van der Waals surface area contributed by atoms with Crippen molar-refractivity contribution in [3.63, 3.8) is 0 Å². The van der Waals surface area contributed by atoms with E-state index in [1.807, 2.05) is 0 Å². The molecule has 1 heterocycles. The summed E-state index contributed by atoms with van der Waals surface area (Å²) in [5, 5.41) is 0. The quantitative estimate of drug-likeness (QED) is 0.410. The van der Waals surface area contributed by atoms with Crippen molar-refractivity contribution in [3.8, 4) is 0 Å². The molecule has 0 fully saturated rings. The summed E-state index contributed by atoms with van der Waals surface area (Å²) < 4.78 is 0. The number of nitrogens with two attached hydrogens (primary N) is 1. The second kappa shape index (κ2) is 1.59. The molecular weight excluding hydrogens is 114 g/mol. The first-order valence-corrected chi connectivity index (χ1v) is 3.04. The lowest BCUT2D eigenvalue weighted by Crippen LogP contribution is -2.39. The largest absolute Gasteiger partial charge is 0.320 e. The SMILES string of the molecule is NC1NNC2=C1CC=C2. The summed E-state index contributed by atoms with van der Waals surface area (Å²) >= 11 is 0. The van der Waals surface area contributed by atoms with E-state index in [0.29, 0.717) is 0 Å². The van der Waals surface area contributed by atoms with E-state index < -0.39 is 0 Å². The number of rotatable bonds is 0. The van der Waals surface area contributed by atoms with Crippen molar-refractivity contribution in [1.29, 1.82) is 0 Å². The molecule has 0 saturated carbocycles. The van der Waals surface area contributed by atoms with Crippen LogP contribution in [-0.4, -0.2) is 6.17 Å². The predicted octanol–water partition coefficient (Wildman–Crippen LogP) is -0.407. The first kappa shape index (κ1) is 5.02. The molecule has 0 aromatic carbocycles. The summed E-state index contributed by atoms with van der Waals surface area (Å²) in [6, 6.07) is 0. The van der Waals surface area contributed by atoms with Gasteiger partial charge in [-0.3, -0.25) is 0 Å². The van der Waals surface area contributed by atoms with Crippen LogP contribution >= 0.6 is 0 Å². The summed E-state index contributed by atoms with van der Waals surface area (Å²) in [6.45, 7) is 0. The molecule has 4 N–H and O–H groups in total. The van der Waals surface area contributed by atoms with Gasteiger partial charge < -0.3 is 11.2 Å². The van der Waals surface area contributed by atoms with Gasteiger partial charge in [-0.2, -0.15) is 0 Å². The lowest BCUT2D eigenvalue weighted by atomic mass is 10.2. The molecule has 2 rings (SSSR count). The normalized spacial score (nSPS) is 31.0. The standard InChI is InChI=1S/C6H9N3/c7-6-4-2-1-3-5(4)8-9-6/h1,3,6,8-9H,2,7H2. The molecule has 1 unspecified atom stereocenters. The van der Waals surface area contributed by atoms with Gasteiger partial charge in [0.2, 0.25) is 0 Å². The van der Waals surface area contributed by atoms with E-state index in [4.69, 9.17) is 5.73 Å². The molecule has 3 heteroatoms. The zero-order valence-corrected chi connectivity index (χ0v) is 5.02. The van der Waals surface area contributed by atoms with Gasteiger partial charge in [-0.25, -0.2) is 5.43 Å². The molecule has 0 aromatic heterocycles. The van der Waals surface area contributed by atoms with Crippen molar-refractivity contribution >= 4 is 0 Å². The van der Waals surface area contributed by atoms with Crippen LogP contribution in [0.25, 0.3) is 0 Å². The lowest BCUT2D eigenvalue weighted by Gasteiger charge is -2.04. The highest BCUT2D eigenvalue weighted by molar-refractivity contribution is 5.37. The lowest BCUT2D eigenvalue weighted by molar-refractivity contribution is 0.577. The molecule has 1 aliphatic heterocycles. The highest BCUT2D eigenvalue weighted by atomic mass is 15.4. The Balaban J connectivity index is 2.31. The van der Waals surface area contributed by atoms with Crippen LogP contribution in [0.2, 0.25) is 0 Å². The van der Waals surface area contributed by atoms with Gasteiger partial charge in [0.05, 0.1) is 11.9 Å². The molecule has 0 saturated heterocycles. The Labute approximate surface area is 53.6 Å². The van der Waals surface area contributed by atoms with Crippen LogP contribution in [0.3, 0.4) is 0 Å². The van der Waals surface area contributed by atoms with Gasteiger partial charge in [0.1, 0.15) is 0 Å². The summed E-state index contributed by atoms with van der Waals surface area (Å²) in [5.41, 5.74) is 14.0. The Morgan fingerprint density at radius 3 is 3.33 bits per heavy atom. The number of hydrogen-bond acceptors (Lipinski definition) is 3. The minimum Gasteiger partial charge on any atom is -0.320 e. The number of allylic oxidation sites excluding steroid dienone is 2.